The Morgan fingerprint density at radius 3 is 2.55 bits per heavy atom. The summed E-state index contributed by atoms with van der Waals surface area (Å²) in [4.78, 5) is 27.8. The Bertz CT molecular complexity index is 889. The van der Waals surface area contributed by atoms with Gasteiger partial charge in [0.1, 0.15) is 6.61 Å². The first-order chi connectivity index (χ1) is 14.6. The molecule has 168 valence electrons. The van der Waals surface area contributed by atoms with E-state index < -0.39 is 34.5 Å². The van der Waals surface area contributed by atoms with E-state index in [1.54, 1.807) is 22.8 Å². The first-order valence-electron chi connectivity index (χ1n) is 10.1. The molecule has 1 aromatic rings. The number of carbonyl (C=O) groups excluding carboxylic acids is 2. The van der Waals surface area contributed by atoms with E-state index in [9.17, 15) is 22.8 Å². The zero-order chi connectivity index (χ0) is 22.8. The topological polar surface area (TPSA) is 99.7 Å². The van der Waals surface area contributed by atoms with Crippen molar-refractivity contribution < 1.29 is 27.5 Å². The predicted molar refractivity (Wildman–Crippen MR) is 106 cm³/mol. The van der Waals surface area contributed by atoms with Crippen molar-refractivity contribution in [3.05, 3.63) is 29.3 Å². The van der Waals surface area contributed by atoms with Crippen LogP contribution in [0, 0.1) is 22.7 Å². The molecule has 2 saturated heterocycles. The molecule has 2 heterocycles. The molecule has 0 bridgehead atoms. The number of nitrogens with zero attached hydrogens (tertiary/aromatic N) is 3. The van der Waals surface area contributed by atoms with Gasteiger partial charge in [0.15, 0.2) is 0 Å². The standard InChI is InChI=1S/C21H25F3N4O3/c1-2-31-12-18(29)27-7-5-20(6-8-27)13-28(11-17(20)19(26)30)15-4-3-14(10-25)16(9-15)21(22,23)24/h3-4,9,17H,2,5-8,11-13H2,1H3,(H2,26,30). The van der Waals surface area contributed by atoms with Gasteiger partial charge in [0.25, 0.3) is 0 Å². The summed E-state index contributed by atoms with van der Waals surface area (Å²) in [6.07, 6.45) is -3.61. The van der Waals surface area contributed by atoms with Crippen LogP contribution >= 0.6 is 0 Å². The molecule has 2 aliphatic heterocycles. The zero-order valence-corrected chi connectivity index (χ0v) is 17.2. The van der Waals surface area contributed by atoms with Crippen molar-refractivity contribution in [2.24, 2.45) is 17.1 Å². The van der Waals surface area contributed by atoms with E-state index in [4.69, 9.17) is 15.7 Å². The number of likely N-dealkylation sites (tertiary alicyclic amines) is 1. The number of rotatable bonds is 5. The molecule has 2 fully saturated rings. The fourth-order valence-electron chi connectivity index (χ4n) is 4.61. The predicted octanol–water partition coefficient (Wildman–Crippen LogP) is 2.14. The summed E-state index contributed by atoms with van der Waals surface area (Å²) >= 11 is 0. The summed E-state index contributed by atoms with van der Waals surface area (Å²) in [5.74, 6) is -1.16. The van der Waals surface area contributed by atoms with Crippen molar-refractivity contribution >= 4 is 17.5 Å². The van der Waals surface area contributed by atoms with Crippen LogP contribution in [-0.2, 0) is 20.5 Å². The smallest absolute Gasteiger partial charge is 0.372 e. The van der Waals surface area contributed by atoms with Crippen molar-refractivity contribution in [1.29, 1.82) is 5.26 Å². The highest BCUT2D eigenvalue weighted by molar-refractivity contribution is 5.80. The van der Waals surface area contributed by atoms with Crippen LogP contribution in [0.3, 0.4) is 0 Å². The number of piperidine rings is 1. The monoisotopic (exact) mass is 438 g/mol. The molecule has 0 radical (unpaired) electrons. The number of nitriles is 1. The minimum absolute atomic E-state index is 0.000331. The van der Waals surface area contributed by atoms with E-state index in [2.05, 4.69) is 0 Å². The summed E-state index contributed by atoms with van der Waals surface area (Å²) in [7, 11) is 0. The van der Waals surface area contributed by atoms with E-state index >= 15 is 0 Å². The van der Waals surface area contributed by atoms with Crippen molar-refractivity contribution in [3.8, 4) is 6.07 Å². The third kappa shape index (κ3) is 4.61. The average molecular weight is 438 g/mol. The van der Waals surface area contributed by atoms with Gasteiger partial charge in [0, 0.05) is 43.9 Å². The lowest BCUT2D eigenvalue weighted by molar-refractivity contribution is -0.139. The minimum Gasteiger partial charge on any atom is -0.372 e. The quantitative estimate of drug-likeness (QED) is 0.759. The van der Waals surface area contributed by atoms with Crippen molar-refractivity contribution in [3.63, 3.8) is 0 Å². The highest BCUT2D eigenvalue weighted by Crippen LogP contribution is 2.46. The Hall–Kier alpha value is -2.80. The Kier molecular flexibility index (Phi) is 6.46. The lowest BCUT2D eigenvalue weighted by Crippen LogP contribution is -2.49. The lowest BCUT2D eigenvalue weighted by atomic mass is 9.70. The van der Waals surface area contributed by atoms with Crippen molar-refractivity contribution in [2.45, 2.75) is 25.9 Å². The van der Waals surface area contributed by atoms with Crippen LogP contribution in [0.15, 0.2) is 18.2 Å². The molecule has 31 heavy (non-hydrogen) atoms. The highest BCUT2D eigenvalue weighted by atomic mass is 19.4. The van der Waals surface area contributed by atoms with Crippen LogP contribution in [-0.4, -0.2) is 56.1 Å². The lowest BCUT2D eigenvalue weighted by Gasteiger charge is -2.41. The largest absolute Gasteiger partial charge is 0.417 e. The molecule has 0 aromatic heterocycles. The van der Waals surface area contributed by atoms with Crippen LogP contribution in [0.5, 0.6) is 0 Å². The number of nitrogens with two attached hydrogens (primary N) is 1. The maximum absolute atomic E-state index is 13.4. The molecule has 7 nitrogen and oxygen atoms in total. The third-order valence-corrected chi connectivity index (χ3v) is 6.33. The normalized spacial score (nSPS) is 20.7. The summed E-state index contributed by atoms with van der Waals surface area (Å²) < 4.78 is 45.3. The molecule has 1 spiro atoms. The van der Waals surface area contributed by atoms with Crippen LogP contribution < -0.4 is 10.6 Å². The van der Waals surface area contributed by atoms with Gasteiger partial charge in [-0.15, -0.1) is 0 Å². The van der Waals surface area contributed by atoms with Gasteiger partial charge in [-0.05, 0) is 38.0 Å². The molecule has 1 aromatic carbocycles. The van der Waals surface area contributed by atoms with Crippen LogP contribution in [0.25, 0.3) is 0 Å². The van der Waals surface area contributed by atoms with E-state index in [1.165, 1.54) is 6.07 Å². The number of hydrogen-bond acceptors (Lipinski definition) is 5. The number of halogens is 3. The van der Waals surface area contributed by atoms with Gasteiger partial charge in [-0.2, -0.15) is 18.4 Å². The number of carbonyl (C=O) groups is 2. The average Bonchev–Trinajstić information content (AvgIpc) is 3.10. The SMILES string of the molecule is CCOCC(=O)N1CCC2(CC1)CN(c1ccc(C#N)c(C(F)(F)F)c1)CC2C(N)=O. The fourth-order valence-corrected chi connectivity index (χ4v) is 4.61. The number of hydrogen-bond donors (Lipinski definition) is 1. The highest BCUT2D eigenvalue weighted by Gasteiger charge is 2.51. The molecular weight excluding hydrogens is 413 g/mol. The van der Waals surface area contributed by atoms with Gasteiger partial charge in [0.05, 0.1) is 23.1 Å². The number of ether oxygens (including phenoxy) is 1. The van der Waals surface area contributed by atoms with E-state index in [1.807, 2.05) is 0 Å². The third-order valence-electron chi connectivity index (χ3n) is 6.33. The second kappa shape index (κ2) is 8.75. The van der Waals surface area contributed by atoms with Gasteiger partial charge in [-0.25, -0.2) is 0 Å². The fraction of sp³-hybridized carbons (Fsp3) is 0.571. The van der Waals surface area contributed by atoms with Gasteiger partial charge in [0.2, 0.25) is 11.8 Å². The van der Waals surface area contributed by atoms with Gasteiger partial charge in [-0.3, -0.25) is 9.59 Å². The van der Waals surface area contributed by atoms with Gasteiger partial charge < -0.3 is 20.3 Å². The summed E-state index contributed by atoms with van der Waals surface area (Å²) in [6.45, 7) is 3.67. The summed E-state index contributed by atoms with van der Waals surface area (Å²) in [5, 5.41) is 9.01. The minimum atomic E-state index is -4.66. The summed E-state index contributed by atoms with van der Waals surface area (Å²) in [6, 6.07) is 5.14. The zero-order valence-electron chi connectivity index (χ0n) is 17.2. The van der Waals surface area contributed by atoms with E-state index in [-0.39, 0.29) is 19.1 Å². The van der Waals surface area contributed by atoms with Gasteiger partial charge >= 0.3 is 6.18 Å². The molecule has 0 aliphatic carbocycles. The van der Waals surface area contributed by atoms with Crippen molar-refractivity contribution in [2.75, 3.05) is 44.3 Å². The molecule has 0 saturated carbocycles. The molecule has 2 N–H and O–H groups in total. The number of alkyl halides is 3. The first kappa shape index (κ1) is 22.9. The molecule has 2 amide bonds. The number of benzene rings is 1. The Morgan fingerprint density at radius 2 is 2.00 bits per heavy atom. The summed E-state index contributed by atoms with van der Waals surface area (Å²) in [5.41, 5.74) is 4.00. The molecular formula is C21H25F3N4O3. The molecule has 2 aliphatic rings. The molecule has 1 atom stereocenters. The van der Waals surface area contributed by atoms with E-state index in [0.29, 0.717) is 44.8 Å². The van der Waals surface area contributed by atoms with E-state index in [0.717, 1.165) is 12.1 Å². The Labute approximate surface area is 178 Å². The van der Waals surface area contributed by atoms with Crippen molar-refractivity contribution in [1.82, 2.24) is 4.90 Å². The first-order valence-corrected chi connectivity index (χ1v) is 10.1. The molecule has 10 heteroatoms. The Balaban J connectivity index is 1.81. The molecule has 3 rings (SSSR count). The van der Waals surface area contributed by atoms with Crippen LogP contribution in [0.2, 0.25) is 0 Å². The Morgan fingerprint density at radius 1 is 1.32 bits per heavy atom. The maximum Gasteiger partial charge on any atom is 0.417 e. The number of anilines is 1. The second-order valence-electron chi connectivity index (χ2n) is 8.06. The molecule has 1 unspecified atom stereocenters. The number of primary amides is 1. The van der Waals surface area contributed by atoms with Gasteiger partial charge in [-0.1, -0.05) is 0 Å². The maximum atomic E-state index is 13.4. The van der Waals surface area contributed by atoms with Crippen LogP contribution in [0.4, 0.5) is 18.9 Å². The van der Waals surface area contributed by atoms with Crippen LogP contribution in [0.1, 0.15) is 30.9 Å². The second-order valence-corrected chi connectivity index (χ2v) is 8.06. The number of amides is 2.